The van der Waals surface area contributed by atoms with Crippen LogP contribution in [0.1, 0.15) is 10.4 Å². The molecule has 0 saturated heterocycles. The van der Waals surface area contributed by atoms with E-state index in [1.54, 1.807) is 36.2 Å². The van der Waals surface area contributed by atoms with Crippen LogP contribution < -0.4 is 5.32 Å². The van der Waals surface area contributed by atoms with Crippen LogP contribution >= 0.6 is 21.6 Å². The van der Waals surface area contributed by atoms with E-state index in [-0.39, 0.29) is 5.91 Å². The number of hydrogen-bond donors (Lipinski definition) is 1. The molecule has 0 fully saturated rings. The SMILES string of the molecule is CNC(=O)c1cccnc1SSC. The molecule has 1 rings (SSSR count). The van der Waals surface area contributed by atoms with Gasteiger partial charge in [-0.05, 0) is 29.2 Å². The quantitative estimate of drug-likeness (QED) is 0.779. The maximum atomic E-state index is 11.3. The average Bonchev–Trinajstić information content (AvgIpc) is 2.18. The van der Waals surface area contributed by atoms with Gasteiger partial charge < -0.3 is 5.32 Å². The van der Waals surface area contributed by atoms with Gasteiger partial charge in [-0.15, -0.1) is 0 Å². The molecular weight excluding hydrogens is 204 g/mol. The molecule has 1 heterocycles. The van der Waals surface area contributed by atoms with Crippen molar-refractivity contribution >= 4 is 27.5 Å². The summed E-state index contributed by atoms with van der Waals surface area (Å²) in [7, 11) is 4.68. The maximum absolute atomic E-state index is 11.3. The predicted molar refractivity (Wildman–Crippen MR) is 57.0 cm³/mol. The van der Waals surface area contributed by atoms with Gasteiger partial charge in [-0.1, -0.05) is 10.8 Å². The standard InChI is InChI=1S/C8H10N2OS2/c1-9-7(11)6-4-3-5-10-8(6)13-12-2/h3-5H,1-2H3,(H,9,11). The Kier molecular flexibility index (Phi) is 4.11. The Hall–Kier alpha value is -0.680. The van der Waals surface area contributed by atoms with Crippen LogP contribution in [0.3, 0.4) is 0 Å². The molecule has 0 aliphatic heterocycles. The number of amides is 1. The van der Waals surface area contributed by atoms with Gasteiger partial charge in [0.05, 0.1) is 5.56 Å². The summed E-state index contributed by atoms with van der Waals surface area (Å²) in [6.07, 6.45) is 3.64. The van der Waals surface area contributed by atoms with E-state index in [0.29, 0.717) is 5.56 Å². The summed E-state index contributed by atoms with van der Waals surface area (Å²) >= 11 is 0. The van der Waals surface area contributed by atoms with Crippen molar-refractivity contribution in [3.63, 3.8) is 0 Å². The van der Waals surface area contributed by atoms with Crippen molar-refractivity contribution in [1.82, 2.24) is 10.3 Å². The number of rotatable bonds is 3. The first kappa shape index (κ1) is 10.4. The van der Waals surface area contributed by atoms with E-state index in [2.05, 4.69) is 10.3 Å². The minimum Gasteiger partial charge on any atom is -0.355 e. The summed E-state index contributed by atoms with van der Waals surface area (Å²) in [5.74, 6) is -0.0929. The molecule has 0 saturated carbocycles. The summed E-state index contributed by atoms with van der Waals surface area (Å²) in [4.78, 5) is 15.5. The van der Waals surface area contributed by atoms with Crippen molar-refractivity contribution in [2.24, 2.45) is 0 Å². The van der Waals surface area contributed by atoms with Crippen molar-refractivity contribution < 1.29 is 4.79 Å². The van der Waals surface area contributed by atoms with Gasteiger partial charge in [-0.25, -0.2) is 4.98 Å². The van der Waals surface area contributed by atoms with Gasteiger partial charge in [0.15, 0.2) is 0 Å². The van der Waals surface area contributed by atoms with Gasteiger partial charge >= 0.3 is 0 Å². The van der Waals surface area contributed by atoms with Gasteiger partial charge in [0.1, 0.15) is 5.03 Å². The molecule has 5 heteroatoms. The Balaban J connectivity index is 2.97. The molecule has 0 bridgehead atoms. The Morgan fingerprint density at radius 3 is 3.00 bits per heavy atom. The molecule has 0 radical (unpaired) electrons. The fourth-order valence-electron chi connectivity index (χ4n) is 0.844. The molecule has 0 atom stereocenters. The lowest BCUT2D eigenvalue weighted by molar-refractivity contribution is 0.0959. The Morgan fingerprint density at radius 2 is 2.38 bits per heavy atom. The first-order chi connectivity index (χ1) is 6.29. The molecule has 0 unspecified atom stereocenters. The fraction of sp³-hybridized carbons (Fsp3) is 0.250. The Morgan fingerprint density at radius 1 is 1.62 bits per heavy atom. The lowest BCUT2D eigenvalue weighted by Crippen LogP contribution is -2.18. The Bertz CT molecular complexity index is 304. The van der Waals surface area contributed by atoms with E-state index in [9.17, 15) is 4.79 Å². The van der Waals surface area contributed by atoms with E-state index >= 15 is 0 Å². The van der Waals surface area contributed by atoms with Crippen molar-refractivity contribution in [3.8, 4) is 0 Å². The molecule has 1 aromatic rings. The molecule has 0 aliphatic carbocycles. The Labute approximate surface area is 85.1 Å². The van der Waals surface area contributed by atoms with Crippen LogP contribution in [0, 0.1) is 0 Å². The summed E-state index contributed by atoms with van der Waals surface area (Å²) in [6.45, 7) is 0. The zero-order valence-corrected chi connectivity index (χ0v) is 9.04. The van der Waals surface area contributed by atoms with Crippen LogP contribution in [0.15, 0.2) is 23.4 Å². The summed E-state index contributed by atoms with van der Waals surface area (Å²) < 4.78 is 0. The zero-order valence-electron chi connectivity index (χ0n) is 7.40. The minimum atomic E-state index is -0.0929. The molecular formula is C8H10N2OS2. The second kappa shape index (κ2) is 5.14. The molecule has 13 heavy (non-hydrogen) atoms. The number of nitrogens with one attached hydrogen (secondary N) is 1. The smallest absolute Gasteiger partial charge is 0.253 e. The lowest BCUT2D eigenvalue weighted by Gasteiger charge is -2.03. The lowest BCUT2D eigenvalue weighted by atomic mass is 10.3. The number of hydrogen-bond acceptors (Lipinski definition) is 4. The monoisotopic (exact) mass is 214 g/mol. The molecule has 1 N–H and O–H groups in total. The molecule has 0 spiro atoms. The van der Waals surface area contributed by atoms with Crippen molar-refractivity contribution in [2.75, 3.05) is 13.3 Å². The molecule has 1 aromatic heterocycles. The topological polar surface area (TPSA) is 42.0 Å². The van der Waals surface area contributed by atoms with E-state index < -0.39 is 0 Å². The third kappa shape index (κ3) is 2.63. The van der Waals surface area contributed by atoms with Crippen LogP contribution in [0.4, 0.5) is 0 Å². The first-order valence-corrected chi connectivity index (χ1v) is 6.23. The van der Waals surface area contributed by atoms with E-state index in [1.165, 1.54) is 10.8 Å². The normalized spacial score (nSPS) is 9.69. The van der Waals surface area contributed by atoms with Crippen LogP contribution in [0.5, 0.6) is 0 Å². The van der Waals surface area contributed by atoms with E-state index in [0.717, 1.165) is 5.03 Å². The van der Waals surface area contributed by atoms with Crippen molar-refractivity contribution in [3.05, 3.63) is 23.9 Å². The van der Waals surface area contributed by atoms with Crippen molar-refractivity contribution in [1.29, 1.82) is 0 Å². The van der Waals surface area contributed by atoms with Gasteiger partial charge in [0.25, 0.3) is 5.91 Å². The first-order valence-electron chi connectivity index (χ1n) is 3.67. The third-order valence-electron chi connectivity index (χ3n) is 1.41. The number of carbonyl (C=O) groups excluding carboxylic acids is 1. The molecule has 0 aromatic carbocycles. The summed E-state index contributed by atoms with van der Waals surface area (Å²) in [5.41, 5.74) is 0.629. The molecule has 0 aliphatic rings. The summed E-state index contributed by atoms with van der Waals surface area (Å²) in [5, 5.41) is 3.34. The molecule has 1 amide bonds. The number of aromatic nitrogens is 1. The largest absolute Gasteiger partial charge is 0.355 e. The van der Waals surface area contributed by atoms with Gasteiger partial charge in [0, 0.05) is 13.2 Å². The van der Waals surface area contributed by atoms with Crippen molar-refractivity contribution in [2.45, 2.75) is 5.03 Å². The highest BCUT2D eigenvalue weighted by atomic mass is 33.1. The average molecular weight is 214 g/mol. The van der Waals surface area contributed by atoms with E-state index in [4.69, 9.17) is 0 Å². The molecule has 3 nitrogen and oxygen atoms in total. The third-order valence-corrected chi connectivity index (χ3v) is 3.03. The number of pyridine rings is 1. The van der Waals surface area contributed by atoms with Gasteiger partial charge in [-0.3, -0.25) is 4.79 Å². The van der Waals surface area contributed by atoms with E-state index in [1.807, 2.05) is 6.26 Å². The maximum Gasteiger partial charge on any atom is 0.253 e. The second-order valence-corrected chi connectivity index (χ2v) is 4.57. The zero-order chi connectivity index (χ0) is 9.68. The van der Waals surface area contributed by atoms with Crippen LogP contribution in [0.25, 0.3) is 0 Å². The summed E-state index contributed by atoms with van der Waals surface area (Å²) in [6, 6.07) is 3.53. The fourth-order valence-corrected chi connectivity index (χ4v) is 2.23. The molecule has 70 valence electrons. The minimum absolute atomic E-state index is 0.0929. The van der Waals surface area contributed by atoms with Crippen LogP contribution in [0.2, 0.25) is 0 Å². The predicted octanol–water partition coefficient (Wildman–Crippen LogP) is 1.81. The highest BCUT2D eigenvalue weighted by molar-refractivity contribution is 8.76. The number of carbonyl (C=O) groups is 1. The highest BCUT2D eigenvalue weighted by Crippen LogP contribution is 2.28. The van der Waals surface area contributed by atoms with Gasteiger partial charge in [-0.2, -0.15) is 0 Å². The second-order valence-electron chi connectivity index (χ2n) is 2.19. The van der Waals surface area contributed by atoms with Crippen LogP contribution in [-0.2, 0) is 0 Å². The van der Waals surface area contributed by atoms with Crippen LogP contribution in [-0.4, -0.2) is 24.2 Å². The van der Waals surface area contributed by atoms with Gasteiger partial charge in [0.2, 0.25) is 0 Å². The number of nitrogens with zero attached hydrogens (tertiary/aromatic N) is 1. The highest BCUT2D eigenvalue weighted by Gasteiger charge is 2.09.